The molecule has 2 nitrogen and oxygen atoms in total. The smallest absolute Gasteiger partial charge is 0.175 e. The van der Waals surface area contributed by atoms with Crippen molar-refractivity contribution in [3.63, 3.8) is 0 Å². The Labute approximate surface area is 121 Å². The van der Waals surface area contributed by atoms with E-state index in [0.717, 1.165) is 11.3 Å². The van der Waals surface area contributed by atoms with Gasteiger partial charge < -0.3 is 10.6 Å². The van der Waals surface area contributed by atoms with Gasteiger partial charge in [-0.2, -0.15) is 0 Å². The van der Waals surface area contributed by atoms with Crippen LogP contribution in [0, 0.1) is 12.7 Å². The van der Waals surface area contributed by atoms with Gasteiger partial charge in [0.1, 0.15) is 5.82 Å². The number of benzene rings is 2. The Morgan fingerprint density at radius 3 is 2.68 bits per heavy atom. The first-order chi connectivity index (χ1) is 9.04. The highest BCUT2D eigenvalue weighted by atomic mass is 35.5. The third-order valence-electron chi connectivity index (χ3n) is 2.45. The molecule has 0 aliphatic carbocycles. The van der Waals surface area contributed by atoms with Crippen LogP contribution in [0.3, 0.4) is 0 Å². The molecule has 0 aliphatic rings. The van der Waals surface area contributed by atoms with Crippen molar-refractivity contribution in [2.75, 3.05) is 10.6 Å². The zero-order chi connectivity index (χ0) is 13.8. The van der Waals surface area contributed by atoms with Gasteiger partial charge in [0, 0.05) is 10.7 Å². The molecule has 2 aromatic rings. The van der Waals surface area contributed by atoms with E-state index >= 15 is 0 Å². The van der Waals surface area contributed by atoms with Crippen molar-refractivity contribution in [1.29, 1.82) is 0 Å². The van der Waals surface area contributed by atoms with E-state index < -0.39 is 0 Å². The van der Waals surface area contributed by atoms with Crippen LogP contribution in [-0.2, 0) is 0 Å². The maximum Gasteiger partial charge on any atom is 0.175 e. The van der Waals surface area contributed by atoms with Crippen molar-refractivity contribution in [3.8, 4) is 0 Å². The van der Waals surface area contributed by atoms with Crippen LogP contribution in [0.2, 0.25) is 5.02 Å². The zero-order valence-corrected chi connectivity index (χ0v) is 11.8. The van der Waals surface area contributed by atoms with Gasteiger partial charge in [0.15, 0.2) is 5.11 Å². The van der Waals surface area contributed by atoms with Crippen molar-refractivity contribution in [2.45, 2.75) is 6.92 Å². The highest BCUT2D eigenvalue weighted by Crippen LogP contribution is 2.18. The van der Waals surface area contributed by atoms with Gasteiger partial charge in [-0.15, -0.1) is 0 Å². The van der Waals surface area contributed by atoms with Crippen LogP contribution in [0.5, 0.6) is 0 Å². The van der Waals surface area contributed by atoms with Crippen LogP contribution in [0.1, 0.15) is 5.56 Å². The molecular formula is C14H12ClFN2S. The third kappa shape index (κ3) is 3.91. The molecule has 0 saturated heterocycles. The molecule has 0 unspecified atom stereocenters. The number of halogens is 2. The zero-order valence-electron chi connectivity index (χ0n) is 10.2. The second-order valence-electron chi connectivity index (χ2n) is 4.07. The molecule has 0 radical (unpaired) electrons. The second-order valence-corrected chi connectivity index (χ2v) is 4.92. The summed E-state index contributed by atoms with van der Waals surface area (Å²) in [6, 6.07) is 11.9. The van der Waals surface area contributed by atoms with E-state index in [4.69, 9.17) is 23.8 Å². The second kappa shape index (κ2) is 5.99. The standard InChI is InChI=1S/C14H12ClFN2S/c1-9-5-6-12(16)13(7-9)18-14(19)17-11-4-2-3-10(15)8-11/h2-8H,1H3,(H2,17,18,19). The molecule has 98 valence electrons. The predicted molar refractivity (Wildman–Crippen MR) is 82.4 cm³/mol. The molecule has 0 atom stereocenters. The number of thiocarbonyl (C=S) groups is 1. The van der Waals surface area contributed by atoms with Gasteiger partial charge in [-0.3, -0.25) is 0 Å². The Kier molecular flexibility index (Phi) is 4.35. The van der Waals surface area contributed by atoms with Crippen LogP contribution in [-0.4, -0.2) is 5.11 Å². The minimum atomic E-state index is -0.346. The van der Waals surface area contributed by atoms with Crippen molar-refractivity contribution >= 4 is 40.3 Å². The fourth-order valence-corrected chi connectivity index (χ4v) is 2.00. The molecule has 0 aromatic heterocycles. The SMILES string of the molecule is Cc1ccc(F)c(NC(=S)Nc2cccc(Cl)c2)c1. The van der Waals surface area contributed by atoms with Crippen LogP contribution in [0.25, 0.3) is 0 Å². The van der Waals surface area contributed by atoms with E-state index in [-0.39, 0.29) is 5.82 Å². The summed E-state index contributed by atoms with van der Waals surface area (Å²) in [7, 11) is 0. The van der Waals surface area contributed by atoms with Gasteiger partial charge in [0.05, 0.1) is 5.69 Å². The summed E-state index contributed by atoms with van der Waals surface area (Å²) in [6.45, 7) is 1.89. The maximum atomic E-state index is 13.6. The molecule has 2 aromatic carbocycles. The summed E-state index contributed by atoms with van der Waals surface area (Å²) in [5.74, 6) is -0.346. The average Bonchev–Trinajstić information content (AvgIpc) is 2.34. The summed E-state index contributed by atoms with van der Waals surface area (Å²) in [5.41, 5.74) is 2.05. The molecule has 0 heterocycles. The molecule has 19 heavy (non-hydrogen) atoms. The molecule has 0 spiro atoms. The molecule has 0 aliphatic heterocycles. The van der Waals surface area contributed by atoms with Crippen LogP contribution >= 0.6 is 23.8 Å². The van der Waals surface area contributed by atoms with Crippen molar-refractivity contribution in [1.82, 2.24) is 0 Å². The Balaban J connectivity index is 2.07. The summed E-state index contributed by atoms with van der Waals surface area (Å²) in [4.78, 5) is 0. The van der Waals surface area contributed by atoms with Gasteiger partial charge in [0.25, 0.3) is 0 Å². The number of anilines is 2. The summed E-state index contributed by atoms with van der Waals surface area (Å²) < 4.78 is 13.6. The van der Waals surface area contributed by atoms with E-state index in [1.807, 2.05) is 13.0 Å². The van der Waals surface area contributed by atoms with E-state index in [9.17, 15) is 4.39 Å². The van der Waals surface area contributed by atoms with Gasteiger partial charge >= 0.3 is 0 Å². The molecule has 5 heteroatoms. The Hall–Kier alpha value is -1.65. The van der Waals surface area contributed by atoms with Crippen LogP contribution < -0.4 is 10.6 Å². The highest BCUT2D eigenvalue weighted by Gasteiger charge is 2.04. The maximum absolute atomic E-state index is 13.6. The highest BCUT2D eigenvalue weighted by molar-refractivity contribution is 7.80. The molecule has 0 amide bonds. The molecular weight excluding hydrogens is 283 g/mol. The Morgan fingerprint density at radius 2 is 1.95 bits per heavy atom. The largest absolute Gasteiger partial charge is 0.332 e. The third-order valence-corrected chi connectivity index (χ3v) is 2.89. The predicted octanol–water partition coefficient (Wildman–Crippen LogP) is 4.60. The minimum Gasteiger partial charge on any atom is -0.332 e. The molecule has 0 saturated carbocycles. The van der Waals surface area contributed by atoms with E-state index in [1.54, 1.807) is 30.3 Å². The fourth-order valence-electron chi connectivity index (χ4n) is 1.59. The normalized spacial score (nSPS) is 10.1. The number of hydrogen-bond acceptors (Lipinski definition) is 1. The molecule has 2 N–H and O–H groups in total. The first-order valence-electron chi connectivity index (χ1n) is 5.64. The van der Waals surface area contributed by atoms with Crippen LogP contribution in [0.4, 0.5) is 15.8 Å². The van der Waals surface area contributed by atoms with Crippen molar-refractivity contribution in [3.05, 3.63) is 58.9 Å². The average molecular weight is 295 g/mol. The minimum absolute atomic E-state index is 0.312. The quantitative estimate of drug-likeness (QED) is 0.792. The summed E-state index contributed by atoms with van der Waals surface area (Å²) in [5, 5.41) is 6.69. The molecule has 0 bridgehead atoms. The first-order valence-corrected chi connectivity index (χ1v) is 6.43. The van der Waals surface area contributed by atoms with E-state index in [0.29, 0.717) is 15.8 Å². The van der Waals surface area contributed by atoms with Crippen LogP contribution in [0.15, 0.2) is 42.5 Å². The Morgan fingerprint density at radius 1 is 1.16 bits per heavy atom. The topological polar surface area (TPSA) is 24.1 Å². The lowest BCUT2D eigenvalue weighted by Gasteiger charge is -2.11. The van der Waals surface area contributed by atoms with E-state index in [1.165, 1.54) is 6.07 Å². The van der Waals surface area contributed by atoms with Crippen molar-refractivity contribution in [2.24, 2.45) is 0 Å². The fraction of sp³-hybridized carbons (Fsp3) is 0.0714. The number of rotatable bonds is 2. The molecule has 2 rings (SSSR count). The first kappa shape index (κ1) is 13.8. The lowest BCUT2D eigenvalue weighted by Crippen LogP contribution is -2.19. The number of aryl methyl sites for hydroxylation is 1. The van der Waals surface area contributed by atoms with Gasteiger partial charge in [0.2, 0.25) is 0 Å². The van der Waals surface area contributed by atoms with Crippen molar-refractivity contribution < 1.29 is 4.39 Å². The molecule has 0 fully saturated rings. The van der Waals surface area contributed by atoms with Gasteiger partial charge in [-0.1, -0.05) is 23.7 Å². The van der Waals surface area contributed by atoms with Gasteiger partial charge in [-0.25, -0.2) is 4.39 Å². The van der Waals surface area contributed by atoms with E-state index in [2.05, 4.69) is 10.6 Å². The van der Waals surface area contributed by atoms with Gasteiger partial charge in [-0.05, 0) is 55.0 Å². The summed E-state index contributed by atoms with van der Waals surface area (Å²) in [6.07, 6.45) is 0. The number of hydrogen-bond donors (Lipinski definition) is 2. The lowest BCUT2D eigenvalue weighted by molar-refractivity contribution is 0.632. The lowest BCUT2D eigenvalue weighted by atomic mass is 10.2. The summed E-state index contributed by atoms with van der Waals surface area (Å²) >= 11 is 11.0. The number of nitrogens with one attached hydrogen (secondary N) is 2. The Bertz CT molecular complexity index is 616. The monoisotopic (exact) mass is 294 g/mol.